The number of nitrogens with one attached hydrogen (secondary N) is 1. The summed E-state index contributed by atoms with van der Waals surface area (Å²) < 4.78 is 25.5. The normalized spacial score (nSPS) is 13.3. The van der Waals surface area contributed by atoms with Crippen molar-refractivity contribution in [3.63, 3.8) is 0 Å². The van der Waals surface area contributed by atoms with Crippen LogP contribution in [0, 0.1) is 11.3 Å². The molecule has 1 aromatic rings. The number of aromatic nitrogens is 1. The van der Waals surface area contributed by atoms with Gasteiger partial charge in [-0.05, 0) is 6.42 Å². The first-order valence-electron chi connectivity index (χ1n) is 4.35. The monoisotopic (exact) mass is 245 g/mol. The number of thiazole rings is 1. The van der Waals surface area contributed by atoms with Crippen molar-refractivity contribution in [2.75, 3.05) is 0 Å². The van der Waals surface area contributed by atoms with Crippen molar-refractivity contribution in [3.05, 3.63) is 16.6 Å². The summed E-state index contributed by atoms with van der Waals surface area (Å²) in [6, 6.07) is 1.76. The molecule has 0 saturated heterocycles. The molecule has 15 heavy (non-hydrogen) atoms. The van der Waals surface area contributed by atoms with Gasteiger partial charge in [0.25, 0.3) is 0 Å². The molecule has 0 aliphatic heterocycles. The SMILES string of the molecule is CCC(C#N)S(=O)(=O)NCc1cncs1. The average molecular weight is 245 g/mol. The number of sulfonamides is 1. The largest absolute Gasteiger partial charge is 0.253 e. The minimum Gasteiger partial charge on any atom is -0.253 e. The zero-order chi connectivity index (χ0) is 11.3. The van der Waals surface area contributed by atoms with Crippen molar-refractivity contribution in [1.29, 1.82) is 5.26 Å². The molecule has 0 aliphatic carbocycles. The molecule has 0 radical (unpaired) electrons. The first-order chi connectivity index (χ1) is 7.10. The molecule has 5 nitrogen and oxygen atoms in total. The van der Waals surface area contributed by atoms with E-state index >= 15 is 0 Å². The van der Waals surface area contributed by atoms with Crippen LogP contribution in [0.1, 0.15) is 18.2 Å². The van der Waals surface area contributed by atoms with E-state index in [2.05, 4.69) is 9.71 Å². The Kier molecular flexibility index (Phi) is 4.20. The van der Waals surface area contributed by atoms with Crippen LogP contribution in [0.4, 0.5) is 0 Å². The molecule has 0 bridgehead atoms. The third kappa shape index (κ3) is 3.27. The summed E-state index contributed by atoms with van der Waals surface area (Å²) in [5.74, 6) is 0. The number of hydrogen-bond acceptors (Lipinski definition) is 5. The molecule has 0 amide bonds. The molecule has 82 valence electrons. The lowest BCUT2D eigenvalue weighted by molar-refractivity contribution is 0.573. The van der Waals surface area contributed by atoms with Crippen LogP contribution < -0.4 is 4.72 Å². The zero-order valence-corrected chi connectivity index (χ0v) is 9.81. The molecule has 0 saturated carbocycles. The minimum atomic E-state index is -3.53. The summed E-state index contributed by atoms with van der Waals surface area (Å²) in [4.78, 5) is 4.65. The summed E-state index contributed by atoms with van der Waals surface area (Å²) in [5.41, 5.74) is 1.63. The topological polar surface area (TPSA) is 82.8 Å². The van der Waals surface area contributed by atoms with E-state index in [0.29, 0.717) is 0 Å². The first-order valence-corrected chi connectivity index (χ1v) is 6.78. The fourth-order valence-electron chi connectivity index (χ4n) is 0.982. The molecular formula is C8H11N3O2S2. The Labute approximate surface area is 92.8 Å². The van der Waals surface area contributed by atoms with Gasteiger partial charge in [-0.15, -0.1) is 11.3 Å². The summed E-state index contributed by atoms with van der Waals surface area (Å²) >= 11 is 1.37. The van der Waals surface area contributed by atoms with Gasteiger partial charge in [-0.1, -0.05) is 6.92 Å². The number of nitriles is 1. The maximum absolute atomic E-state index is 11.5. The van der Waals surface area contributed by atoms with Crippen molar-refractivity contribution in [1.82, 2.24) is 9.71 Å². The van der Waals surface area contributed by atoms with Gasteiger partial charge in [0, 0.05) is 17.6 Å². The smallest absolute Gasteiger partial charge is 0.228 e. The van der Waals surface area contributed by atoms with E-state index in [4.69, 9.17) is 5.26 Å². The van der Waals surface area contributed by atoms with Crippen LogP contribution in [0.15, 0.2) is 11.7 Å². The van der Waals surface area contributed by atoms with E-state index in [0.717, 1.165) is 4.88 Å². The molecule has 0 aromatic carbocycles. The van der Waals surface area contributed by atoms with Crippen molar-refractivity contribution in [3.8, 4) is 6.07 Å². The number of nitrogens with zero attached hydrogens (tertiary/aromatic N) is 2. The van der Waals surface area contributed by atoms with E-state index in [9.17, 15) is 8.42 Å². The Morgan fingerprint density at radius 1 is 1.73 bits per heavy atom. The van der Waals surface area contributed by atoms with Crippen molar-refractivity contribution in [2.24, 2.45) is 0 Å². The fraction of sp³-hybridized carbons (Fsp3) is 0.500. The van der Waals surface area contributed by atoms with Crippen LogP contribution in [0.5, 0.6) is 0 Å². The van der Waals surface area contributed by atoms with Gasteiger partial charge < -0.3 is 0 Å². The maximum atomic E-state index is 11.5. The fourth-order valence-corrected chi connectivity index (χ4v) is 2.74. The molecule has 1 unspecified atom stereocenters. The molecule has 0 aliphatic rings. The average Bonchev–Trinajstić information content (AvgIpc) is 2.69. The van der Waals surface area contributed by atoms with Gasteiger partial charge in [-0.2, -0.15) is 5.26 Å². The van der Waals surface area contributed by atoms with Crippen molar-refractivity contribution < 1.29 is 8.42 Å². The van der Waals surface area contributed by atoms with E-state index in [-0.39, 0.29) is 13.0 Å². The lowest BCUT2D eigenvalue weighted by atomic mass is 10.4. The van der Waals surface area contributed by atoms with Gasteiger partial charge in [0.1, 0.15) is 0 Å². The second-order valence-electron chi connectivity index (χ2n) is 2.86. The first kappa shape index (κ1) is 12.1. The lowest BCUT2D eigenvalue weighted by Gasteiger charge is -2.08. The molecule has 1 aromatic heterocycles. The third-order valence-electron chi connectivity index (χ3n) is 1.82. The van der Waals surface area contributed by atoms with Crippen LogP contribution >= 0.6 is 11.3 Å². The molecule has 1 N–H and O–H groups in total. The Morgan fingerprint density at radius 2 is 2.47 bits per heavy atom. The predicted molar refractivity (Wildman–Crippen MR) is 57.6 cm³/mol. The van der Waals surface area contributed by atoms with Gasteiger partial charge in [0.15, 0.2) is 5.25 Å². The zero-order valence-electron chi connectivity index (χ0n) is 8.17. The third-order valence-corrected chi connectivity index (χ3v) is 4.33. The van der Waals surface area contributed by atoms with Crippen LogP contribution in [-0.4, -0.2) is 18.7 Å². The van der Waals surface area contributed by atoms with Gasteiger partial charge in [0.05, 0.1) is 11.6 Å². The summed E-state index contributed by atoms with van der Waals surface area (Å²) in [6.45, 7) is 1.87. The Hall–Kier alpha value is -0.970. The molecule has 7 heteroatoms. The number of rotatable bonds is 5. The van der Waals surface area contributed by atoms with Crippen LogP contribution in [-0.2, 0) is 16.6 Å². The van der Waals surface area contributed by atoms with Gasteiger partial charge >= 0.3 is 0 Å². The van der Waals surface area contributed by atoms with Crippen LogP contribution in [0.25, 0.3) is 0 Å². The Morgan fingerprint density at radius 3 is 2.93 bits per heavy atom. The predicted octanol–water partition coefficient (Wildman–Crippen LogP) is 0.865. The van der Waals surface area contributed by atoms with E-state index in [1.807, 2.05) is 0 Å². The highest BCUT2D eigenvalue weighted by atomic mass is 32.2. The summed E-state index contributed by atoms with van der Waals surface area (Å²) in [7, 11) is -3.53. The molecule has 1 rings (SSSR count). The second kappa shape index (κ2) is 5.21. The van der Waals surface area contributed by atoms with Crippen molar-refractivity contribution >= 4 is 21.4 Å². The van der Waals surface area contributed by atoms with Gasteiger partial charge in [0.2, 0.25) is 10.0 Å². The van der Waals surface area contributed by atoms with Gasteiger partial charge in [-0.3, -0.25) is 4.98 Å². The van der Waals surface area contributed by atoms with Crippen LogP contribution in [0.3, 0.4) is 0 Å². The van der Waals surface area contributed by atoms with Crippen LogP contribution in [0.2, 0.25) is 0 Å². The molecular weight excluding hydrogens is 234 g/mol. The molecule has 0 spiro atoms. The highest BCUT2D eigenvalue weighted by molar-refractivity contribution is 7.90. The van der Waals surface area contributed by atoms with Crippen molar-refractivity contribution in [2.45, 2.75) is 25.1 Å². The summed E-state index contributed by atoms with van der Waals surface area (Å²) in [6.07, 6.45) is 1.88. The lowest BCUT2D eigenvalue weighted by Crippen LogP contribution is -2.32. The highest BCUT2D eigenvalue weighted by Gasteiger charge is 2.22. The van der Waals surface area contributed by atoms with Gasteiger partial charge in [-0.25, -0.2) is 13.1 Å². The second-order valence-corrected chi connectivity index (χ2v) is 5.78. The van der Waals surface area contributed by atoms with E-state index in [1.165, 1.54) is 11.3 Å². The Bertz CT molecular complexity index is 433. The Balaban J connectivity index is 2.62. The minimum absolute atomic E-state index is 0.200. The maximum Gasteiger partial charge on any atom is 0.228 e. The highest BCUT2D eigenvalue weighted by Crippen LogP contribution is 2.08. The quantitative estimate of drug-likeness (QED) is 0.834. The molecule has 1 heterocycles. The van der Waals surface area contributed by atoms with E-state index in [1.54, 1.807) is 24.7 Å². The standard InChI is InChI=1S/C8H11N3O2S2/c1-2-8(3-9)15(12,13)11-5-7-4-10-6-14-7/h4,6,8,11H,2,5H2,1H3. The van der Waals surface area contributed by atoms with E-state index < -0.39 is 15.3 Å². The molecule has 1 atom stereocenters. The molecule has 0 fully saturated rings. The number of hydrogen-bond donors (Lipinski definition) is 1. The summed E-state index contributed by atoms with van der Waals surface area (Å²) in [5, 5.41) is 7.66.